The largest absolute Gasteiger partial charge is 0.346 e. The Hall–Kier alpha value is -1.60. The first-order chi connectivity index (χ1) is 12.1. The molecule has 1 amide bonds. The van der Waals surface area contributed by atoms with E-state index in [1.807, 2.05) is 24.3 Å². The van der Waals surface area contributed by atoms with Crippen LogP contribution in [0.5, 0.6) is 0 Å². The van der Waals surface area contributed by atoms with Crippen LogP contribution in [0.4, 0.5) is 0 Å². The van der Waals surface area contributed by atoms with E-state index in [2.05, 4.69) is 32.8 Å². The van der Waals surface area contributed by atoms with Crippen LogP contribution in [0.2, 0.25) is 5.02 Å². The van der Waals surface area contributed by atoms with E-state index in [0.717, 1.165) is 42.2 Å². The zero-order valence-electron chi connectivity index (χ0n) is 14.6. The molecule has 2 aliphatic rings. The van der Waals surface area contributed by atoms with Gasteiger partial charge in [-0.1, -0.05) is 23.7 Å². The molecule has 2 unspecified atom stereocenters. The maximum absolute atomic E-state index is 12.8. The normalized spacial score (nSPS) is 22.5. The van der Waals surface area contributed by atoms with Gasteiger partial charge in [-0.25, -0.2) is 0 Å². The average molecular weight is 396 g/mol. The Kier molecular flexibility index (Phi) is 5.87. The van der Waals surface area contributed by atoms with Crippen LogP contribution in [0.3, 0.4) is 0 Å². The van der Waals surface area contributed by atoms with Crippen molar-refractivity contribution in [2.45, 2.75) is 31.5 Å². The number of rotatable bonds is 3. The molecular formula is C18H23Cl2N5O. The van der Waals surface area contributed by atoms with Crippen molar-refractivity contribution in [2.75, 3.05) is 20.1 Å². The predicted octanol–water partition coefficient (Wildman–Crippen LogP) is 2.31. The second-order valence-electron chi connectivity index (χ2n) is 6.80. The maximum Gasteiger partial charge on any atom is 0.272 e. The lowest BCUT2D eigenvalue weighted by Gasteiger charge is -2.26. The summed E-state index contributed by atoms with van der Waals surface area (Å²) in [7, 11) is 2.09. The number of nitrogens with one attached hydrogen (secondary N) is 3. The van der Waals surface area contributed by atoms with Crippen molar-refractivity contribution in [2.24, 2.45) is 0 Å². The highest BCUT2D eigenvalue weighted by molar-refractivity contribution is 6.30. The Morgan fingerprint density at radius 1 is 1.35 bits per heavy atom. The van der Waals surface area contributed by atoms with Crippen LogP contribution in [0.1, 0.15) is 39.8 Å². The van der Waals surface area contributed by atoms with Crippen molar-refractivity contribution in [3.8, 4) is 0 Å². The monoisotopic (exact) mass is 395 g/mol. The number of nitrogens with zero attached hydrogens (tertiary/aromatic N) is 2. The molecule has 0 saturated carbocycles. The lowest BCUT2D eigenvalue weighted by molar-refractivity contribution is 0.0921. The number of H-pyrrole nitrogens is 1. The number of aromatic amines is 1. The lowest BCUT2D eigenvalue weighted by atomic mass is 9.99. The summed E-state index contributed by atoms with van der Waals surface area (Å²) in [5.74, 6) is -0.0968. The number of aromatic nitrogens is 2. The third kappa shape index (κ3) is 3.60. The van der Waals surface area contributed by atoms with E-state index < -0.39 is 0 Å². The van der Waals surface area contributed by atoms with Crippen LogP contribution in [-0.4, -0.2) is 47.2 Å². The fraction of sp³-hybridized carbons (Fsp3) is 0.444. The molecule has 1 aromatic carbocycles. The summed E-state index contributed by atoms with van der Waals surface area (Å²) in [6.07, 6.45) is 1.80. The second-order valence-corrected chi connectivity index (χ2v) is 7.24. The standard InChI is InChI=1S/C18H22ClN5O.ClH/c1-24-9-7-15(17(24)11-2-4-12(19)5-3-11)21-18(25)16-13-10-20-8-6-14(13)22-23-16;/h2-5,15,17,20H,6-10H2,1H3,(H,21,25)(H,22,23);1H. The topological polar surface area (TPSA) is 73.0 Å². The molecule has 3 N–H and O–H groups in total. The van der Waals surface area contributed by atoms with E-state index in [9.17, 15) is 4.79 Å². The fourth-order valence-corrected chi connectivity index (χ4v) is 4.02. The van der Waals surface area contributed by atoms with E-state index in [0.29, 0.717) is 12.2 Å². The molecule has 1 saturated heterocycles. The number of carbonyl (C=O) groups excluding carboxylic acids is 1. The molecule has 2 aromatic rings. The van der Waals surface area contributed by atoms with Gasteiger partial charge in [0, 0.05) is 42.3 Å². The number of amides is 1. The van der Waals surface area contributed by atoms with E-state index in [1.54, 1.807) is 0 Å². The molecule has 3 heterocycles. The fourth-order valence-electron chi connectivity index (χ4n) is 3.89. The highest BCUT2D eigenvalue weighted by Gasteiger charge is 2.35. The van der Waals surface area contributed by atoms with Crippen LogP contribution >= 0.6 is 24.0 Å². The molecule has 4 rings (SSSR count). The minimum atomic E-state index is -0.0968. The maximum atomic E-state index is 12.8. The molecule has 0 radical (unpaired) electrons. The number of likely N-dealkylation sites (N-methyl/N-ethyl adjacent to an activating group) is 1. The Balaban J connectivity index is 0.00000196. The first kappa shape index (κ1) is 19.2. The van der Waals surface area contributed by atoms with Gasteiger partial charge in [-0.2, -0.15) is 5.10 Å². The number of carbonyl (C=O) groups is 1. The average Bonchev–Trinajstić information content (AvgIpc) is 3.20. The van der Waals surface area contributed by atoms with E-state index in [4.69, 9.17) is 11.6 Å². The first-order valence-electron chi connectivity index (χ1n) is 8.67. The molecule has 0 aliphatic carbocycles. The van der Waals surface area contributed by atoms with E-state index in [1.165, 1.54) is 5.56 Å². The predicted molar refractivity (Wildman–Crippen MR) is 104 cm³/mol. The van der Waals surface area contributed by atoms with Crippen LogP contribution in [0, 0.1) is 0 Å². The van der Waals surface area contributed by atoms with Gasteiger partial charge in [0.05, 0.1) is 12.1 Å². The second kappa shape index (κ2) is 7.96. The van der Waals surface area contributed by atoms with Gasteiger partial charge in [0.25, 0.3) is 5.91 Å². The van der Waals surface area contributed by atoms with Crippen LogP contribution in [-0.2, 0) is 13.0 Å². The number of hydrogen-bond acceptors (Lipinski definition) is 4. The summed E-state index contributed by atoms with van der Waals surface area (Å²) >= 11 is 6.01. The Labute approximate surface area is 164 Å². The van der Waals surface area contributed by atoms with Crippen LogP contribution < -0.4 is 10.6 Å². The van der Waals surface area contributed by atoms with Gasteiger partial charge >= 0.3 is 0 Å². The molecule has 26 heavy (non-hydrogen) atoms. The van der Waals surface area contributed by atoms with Gasteiger partial charge in [-0.15, -0.1) is 12.4 Å². The number of halogens is 2. The summed E-state index contributed by atoms with van der Waals surface area (Å²) in [5, 5.41) is 14.5. The van der Waals surface area contributed by atoms with E-state index in [-0.39, 0.29) is 30.4 Å². The molecule has 8 heteroatoms. The third-order valence-corrected chi connectivity index (χ3v) is 5.45. The molecule has 1 aromatic heterocycles. The van der Waals surface area contributed by atoms with Crippen molar-refractivity contribution in [3.05, 3.63) is 51.8 Å². The summed E-state index contributed by atoms with van der Waals surface area (Å²) < 4.78 is 0. The third-order valence-electron chi connectivity index (χ3n) is 5.20. The summed E-state index contributed by atoms with van der Waals surface area (Å²) in [4.78, 5) is 15.1. The van der Waals surface area contributed by atoms with Gasteiger partial charge in [0.1, 0.15) is 0 Å². The van der Waals surface area contributed by atoms with Gasteiger partial charge in [0.15, 0.2) is 5.69 Å². The Morgan fingerprint density at radius 2 is 2.12 bits per heavy atom. The lowest BCUT2D eigenvalue weighted by Crippen LogP contribution is -2.39. The van der Waals surface area contributed by atoms with Gasteiger partial charge in [-0.3, -0.25) is 14.8 Å². The minimum Gasteiger partial charge on any atom is -0.346 e. The van der Waals surface area contributed by atoms with Gasteiger partial charge < -0.3 is 10.6 Å². The van der Waals surface area contributed by atoms with Crippen molar-refractivity contribution in [1.29, 1.82) is 0 Å². The molecule has 1 fully saturated rings. The van der Waals surface area contributed by atoms with Crippen molar-refractivity contribution < 1.29 is 4.79 Å². The highest BCUT2D eigenvalue weighted by atomic mass is 35.5. The Morgan fingerprint density at radius 3 is 2.88 bits per heavy atom. The summed E-state index contributed by atoms with van der Waals surface area (Å²) in [5.41, 5.74) is 3.76. The molecule has 0 spiro atoms. The number of likely N-dealkylation sites (tertiary alicyclic amines) is 1. The number of fused-ring (bicyclic) bond motifs is 1. The van der Waals surface area contributed by atoms with Crippen LogP contribution in [0.25, 0.3) is 0 Å². The SMILES string of the molecule is CN1CCC(NC(=O)c2n[nH]c3c2CNCC3)C1c1ccc(Cl)cc1.Cl. The van der Waals surface area contributed by atoms with Crippen LogP contribution in [0.15, 0.2) is 24.3 Å². The molecule has 6 nitrogen and oxygen atoms in total. The number of hydrogen-bond donors (Lipinski definition) is 3. The number of benzene rings is 1. The first-order valence-corrected chi connectivity index (χ1v) is 9.04. The van der Waals surface area contributed by atoms with Crippen molar-refractivity contribution in [3.63, 3.8) is 0 Å². The molecule has 0 bridgehead atoms. The molecule has 2 aliphatic heterocycles. The van der Waals surface area contributed by atoms with Crippen molar-refractivity contribution >= 4 is 29.9 Å². The minimum absolute atomic E-state index is 0. The van der Waals surface area contributed by atoms with Gasteiger partial charge in [0.2, 0.25) is 0 Å². The Bertz CT molecular complexity index is 776. The molecule has 140 valence electrons. The zero-order chi connectivity index (χ0) is 17.4. The van der Waals surface area contributed by atoms with Crippen molar-refractivity contribution in [1.82, 2.24) is 25.7 Å². The smallest absolute Gasteiger partial charge is 0.272 e. The quantitative estimate of drug-likeness (QED) is 0.745. The summed E-state index contributed by atoms with van der Waals surface area (Å²) in [6.45, 7) is 2.56. The zero-order valence-corrected chi connectivity index (χ0v) is 16.2. The van der Waals surface area contributed by atoms with Gasteiger partial charge in [-0.05, 0) is 31.2 Å². The molecule has 2 atom stereocenters. The van der Waals surface area contributed by atoms with E-state index >= 15 is 0 Å². The summed E-state index contributed by atoms with van der Waals surface area (Å²) in [6, 6.07) is 8.08. The molecular weight excluding hydrogens is 373 g/mol. The highest BCUT2D eigenvalue weighted by Crippen LogP contribution is 2.32.